The molecule has 0 saturated carbocycles. The summed E-state index contributed by atoms with van der Waals surface area (Å²) in [7, 11) is -3.90. The number of nitrogens with one attached hydrogen (secondary N) is 1. The van der Waals surface area contributed by atoms with Crippen molar-refractivity contribution < 1.29 is 22.7 Å². The molecule has 3 N–H and O–H groups in total. The Morgan fingerprint density at radius 3 is 2.52 bits per heavy atom. The van der Waals surface area contributed by atoms with Crippen LogP contribution in [0.4, 0.5) is 5.69 Å². The van der Waals surface area contributed by atoms with Gasteiger partial charge in [0, 0.05) is 15.7 Å². The molecule has 27 heavy (non-hydrogen) atoms. The number of carbonyl (C=O) groups is 2. The Hall–Kier alpha value is -2.13. The number of hydrogen-bond acceptors (Lipinski definition) is 5. The summed E-state index contributed by atoms with van der Waals surface area (Å²) in [4.78, 5) is 24.0. The fourth-order valence-electron chi connectivity index (χ4n) is 2.11. The molecule has 0 bridgehead atoms. The van der Waals surface area contributed by atoms with Crippen molar-refractivity contribution in [2.45, 2.75) is 24.3 Å². The average Bonchev–Trinajstić information content (AvgIpc) is 2.57. The maximum Gasteiger partial charge on any atom is 0.311 e. The van der Waals surface area contributed by atoms with Crippen LogP contribution in [0.3, 0.4) is 0 Å². The third-order valence-corrected chi connectivity index (χ3v) is 4.96. The smallest absolute Gasteiger partial charge is 0.311 e. The van der Waals surface area contributed by atoms with E-state index >= 15 is 0 Å². The van der Waals surface area contributed by atoms with Crippen LogP contribution in [-0.4, -0.2) is 26.4 Å². The van der Waals surface area contributed by atoms with Crippen molar-refractivity contribution >= 4 is 50.8 Å². The van der Waals surface area contributed by atoms with Crippen LogP contribution >= 0.6 is 23.2 Å². The van der Waals surface area contributed by atoms with Gasteiger partial charge in [-0.25, -0.2) is 13.6 Å². The number of amides is 1. The van der Waals surface area contributed by atoms with Crippen LogP contribution in [-0.2, 0) is 30.8 Å². The monoisotopic (exact) mass is 430 g/mol. The van der Waals surface area contributed by atoms with E-state index in [1.54, 1.807) is 12.1 Å². The minimum Gasteiger partial charge on any atom is -0.452 e. The van der Waals surface area contributed by atoms with Crippen LogP contribution in [0, 0.1) is 0 Å². The van der Waals surface area contributed by atoms with Crippen molar-refractivity contribution in [1.29, 1.82) is 0 Å². The van der Waals surface area contributed by atoms with Crippen LogP contribution in [0.25, 0.3) is 0 Å². The Kier molecular flexibility index (Phi) is 6.83. The van der Waals surface area contributed by atoms with E-state index in [2.05, 4.69) is 5.32 Å². The molecule has 2 aromatic rings. The second-order valence-electron chi connectivity index (χ2n) is 5.61. The molecular weight excluding hydrogens is 415 g/mol. The molecule has 0 fully saturated rings. The summed E-state index contributed by atoms with van der Waals surface area (Å²) < 4.78 is 27.8. The van der Waals surface area contributed by atoms with E-state index in [0.29, 0.717) is 15.6 Å². The van der Waals surface area contributed by atoms with Gasteiger partial charge in [0.25, 0.3) is 5.91 Å². The van der Waals surface area contributed by atoms with E-state index in [9.17, 15) is 18.0 Å². The van der Waals surface area contributed by atoms with E-state index in [-0.39, 0.29) is 17.0 Å². The largest absolute Gasteiger partial charge is 0.452 e. The number of carbonyl (C=O) groups excluding carboxylic acids is 2. The molecule has 0 aliphatic carbocycles. The van der Waals surface area contributed by atoms with Crippen LogP contribution in [0.5, 0.6) is 0 Å². The van der Waals surface area contributed by atoms with Gasteiger partial charge < -0.3 is 10.1 Å². The highest BCUT2D eigenvalue weighted by atomic mass is 35.5. The van der Waals surface area contributed by atoms with Crippen molar-refractivity contribution in [2.75, 3.05) is 5.32 Å². The van der Waals surface area contributed by atoms with E-state index in [0.717, 1.165) is 0 Å². The van der Waals surface area contributed by atoms with Crippen LogP contribution in [0.1, 0.15) is 12.5 Å². The molecule has 1 unspecified atom stereocenters. The first kappa shape index (κ1) is 21.2. The number of rotatable bonds is 6. The summed E-state index contributed by atoms with van der Waals surface area (Å²) in [6.45, 7) is 1.39. The van der Waals surface area contributed by atoms with E-state index < -0.39 is 28.0 Å². The molecule has 0 spiro atoms. The van der Waals surface area contributed by atoms with Gasteiger partial charge in [0.15, 0.2) is 6.10 Å². The first-order valence-corrected chi connectivity index (χ1v) is 9.93. The number of ether oxygens (including phenoxy) is 1. The second-order valence-corrected chi connectivity index (χ2v) is 8.01. The van der Waals surface area contributed by atoms with Gasteiger partial charge in [0.1, 0.15) is 0 Å². The van der Waals surface area contributed by atoms with E-state index in [4.69, 9.17) is 33.1 Å². The lowest BCUT2D eigenvalue weighted by atomic mass is 10.1. The molecule has 0 radical (unpaired) electrons. The Balaban J connectivity index is 1.98. The van der Waals surface area contributed by atoms with Crippen molar-refractivity contribution in [3.05, 3.63) is 58.1 Å². The predicted octanol–water partition coefficient (Wildman–Crippen LogP) is 2.75. The molecule has 0 heterocycles. The van der Waals surface area contributed by atoms with Gasteiger partial charge in [-0.15, -0.1) is 0 Å². The van der Waals surface area contributed by atoms with Gasteiger partial charge in [0.05, 0.1) is 11.3 Å². The molecule has 0 aliphatic heterocycles. The number of hydrogen-bond donors (Lipinski definition) is 2. The molecule has 0 saturated heterocycles. The Labute approximate surface area is 166 Å². The molecule has 0 aromatic heterocycles. The third kappa shape index (κ3) is 6.21. The Morgan fingerprint density at radius 2 is 1.89 bits per heavy atom. The Bertz CT molecular complexity index is 979. The van der Waals surface area contributed by atoms with Gasteiger partial charge >= 0.3 is 5.97 Å². The van der Waals surface area contributed by atoms with E-state index in [1.807, 2.05) is 0 Å². The molecule has 1 atom stereocenters. The normalized spacial score (nSPS) is 12.3. The van der Waals surface area contributed by atoms with Gasteiger partial charge in [0.2, 0.25) is 10.0 Å². The molecule has 2 rings (SSSR count). The minimum atomic E-state index is -3.90. The summed E-state index contributed by atoms with van der Waals surface area (Å²) in [6.07, 6.45) is -1.24. The van der Waals surface area contributed by atoms with Gasteiger partial charge in [-0.1, -0.05) is 35.3 Å². The quantitative estimate of drug-likeness (QED) is 0.683. The van der Waals surface area contributed by atoms with E-state index in [1.165, 1.54) is 37.3 Å². The highest BCUT2D eigenvalue weighted by molar-refractivity contribution is 7.89. The van der Waals surface area contributed by atoms with Crippen LogP contribution < -0.4 is 10.5 Å². The summed E-state index contributed by atoms with van der Waals surface area (Å²) in [5.41, 5.74) is 0.717. The fourth-order valence-corrected chi connectivity index (χ4v) is 3.14. The first-order valence-electron chi connectivity index (χ1n) is 7.63. The summed E-state index contributed by atoms with van der Waals surface area (Å²) in [5.74, 6) is -1.28. The highest BCUT2D eigenvalue weighted by Crippen LogP contribution is 2.22. The second kappa shape index (κ2) is 8.71. The molecule has 0 aliphatic rings. The SMILES string of the molecule is CC(OC(=O)Cc1ccc(Cl)cc1Cl)C(=O)Nc1cccc(S(N)(=O)=O)c1. The standard InChI is InChI=1S/C17H16Cl2N2O5S/c1-10(26-16(22)7-11-5-6-12(18)8-15(11)19)17(23)21-13-3-2-4-14(9-13)27(20,24)25/h2-6,8-10H,7H2,1H3,(H,21,23)(H2,20,24,25). The first-order chi connectivity index (χ1) is 12.6. The van der Waals surface area contributed by atoms with Gasteiger partial charge in [-0.2, -0.15) is 0 Å². The maximum atomic E-state index is 12.2. The van der Waals surface area contributed by atoms with Crippen molar-refractivity contribution in [3.8, 4) is 0 Å². The number of benzene rings is 2. The summed E-state index contributed by atoms with van der Waals surface area (Å²) >= 11 is 11.8. The topological polar surface area (TPSA) is 116 Å². The zero-order valence-corrected chi connectivity index (χ0v) is 16.4. The fraction of sp³-hybridized carbons (Fsp3) is 0.176. The molecule has 144 valence electrons. The van der Waals surface area contributed by atoms with Crippen LogP contribution in [0.15, 0.2) is 47.4 Å². The lowest BCUT2D eigenvalue weighted by Gasteiger charge is -2.14. The summed E-state index contributed by atoms with van der Waals surface area (Å²) in [5, 5.41) is 8.26. The lowest BCUT2D eigenvalue weighted by molar-refractivity contribution is -0.152. The van der Waals surface area contributed by atoms with Gasteiger partial charge in [-0.3, -0.25) is 9.59 Å². The zero-order valence-electron chi connectivity index (χ0n) is 14.1. The molecular formula is C17H16Cl2N2O5S. The predicted molar refractivity (Wildman–Crippen MR) is 102 cm³/mol. The van der Waals surface area contributed by atoms with Crippen molar-refractivity contribution in [2.24, 2.45) is 5.14 Å². The number of primary sulfonamides is 1. The third-order valence-electron chi connectivity index (χ3n) is 3.46. The molecule has 7 nitrogen and oxygen atoms in total. The highest BCUT2D eigenvalue weighted by Gasteiger charge is 2.19. The number of sulfonamides is 1. The lowest BCUT2D eigenvalue weighted by Crippen LogP contribution is -2.30. The average molecular weight is 431 g/mol. The van der Waals surface area contributed by atoms with Crippen molar-refractivity contribution in [3.63, 3.8) is 0 Å². The Morgan fingerprint density at radius 1 is 1.19 bits per heavy atom. The summed E-state index contributed by atoms with van der Waals surface area (Å²) in [6, 6.07) is 10.1. The number of anilines is 1. The molecule has 1 amide bonds. The van der Waals surface area contributed by atoms with Gasteiger partial charge in [-0.05, 0) is 42.8 Å². The minimum absolute atomic E-state index is 0.130. The zero-order chi connectivity index (χ0) is 20.2. The maximum absolute atomic E-state index is 12.2. The molecule has 10 heteroatoms. The number of nitrogens with two attached hydrogens (primary N) is 1. The number of halogens is 2. The molecule has 2 aromatic carbocycles. The van der Waals surface area contributed by atoms with Crippen LogP contribution in [0.2, 0.25) is 10.0 Å². The number of esters is 1. The van der Waals surface area contributed by atoms with Crippen molar-refractivity contribution in [1.82, 2.24) is 0 Å².